The Kier molecular flexibility index (Phi) is 3.48. The number of hydrogen-bond acceptors (Lipinski definition) is 2. The lowest BCUT2D eigenvalue weighted by molar-refractivity contribution is -0.0909. The van der Waals surface area contributed by atoms with Gasteiger partial charge in [0, 0.05) is 5.41 Å². The molecule has 0 aromatic heterocycles. The molecule has 0 amide bonds. The summed E-state index contributed by atoms with van der Waals surface area (Å²) < 4.78 is 0. The maximum atomic E-state index is 11.0. The number of rotatable bonds is 0. The van der Waals surface area contributed by atoms with Crippen LogP contribution >= 0.6 is 0 Å². The summed E-state index contributed by atoms with van der Waals surface area (Å²) in [6.07, 6.45) is 21.1. The van der Waals surface area contributed by atoms with Crippen molar-refractivity contribution in [3.8, 4) is 24.7 Å². The van der Waals surface area contributed by atoms with E-state index in [2.05, 4.69) is 24.8 Å². The second kappa shape index (κ2) is 5.14. The molecule has 3 fully saturated rings. The number of fused-ring (bicyclic) bond motifs is 5. The zero-order chi connectivity index (χ0) is 17.2. The predicted octanol–water partition coefficient (Wildman–Crippen LogP) is 3.29. The van der Waals surface area contributed by atoms with Gasteiger partial charge in [-0.2, -0.15) is 0 Å². The fourth-order valence-corrected chi connectivity index (χ4v) is 6.81. The van der Waals surface area contributed by atoms with Gasteiger partial charge in [0.05, 0.1) is 11.5 Å². The van der Waals surface area contributed by atoms with Crippen LogP contribution < -0.4 is 0 Å². The lowest BCUT2D eigenvalue weighted by Gasteiger charge is -2.57. The highest BCUT2D eigenvalue weighted by Crippen LogP contribution is 2.66. The summed E-state index contributed by atoms with van der Waals surface area (Å²) in [5.41, 5.74) is -0.00383. The minimum Gasteiger partial charge on any atom is -0.393 e. The molecule has 0 saturated heterocycles. The zero-order valence-electron chi connectivity index (χ0n) is 14.6. The molecule has 3 saturated carbocycles. The van der Waals surface area contributed by atoms with E-state index >= 15 is 0 Å². The highest BCUT2D eigenvalue weighted by molar-refractivity contribution is 5.35. The van der Waals surface area contributed by atoms with Gasteiger partial charge in [0.15, 0.2) is 0 Å². The first-order valence-electron chi connectivity index (χ1n) is 9.46. The van der Waals surface area contributed by atoms with Crippen molar-refractivity contribution in [3.63, 3.8) is 0 Å². The predicted molar refractivity (Wildman–Crippen MR) is 94.7 cm³/mol. The van der Waals surface area contributed by atoms with Gasteiger partial charge in [-0.3, -0.25) is 0 Å². The van der Waals surface area contributed by atoms with Gasteiger partial charge in [0.2, 0.25) is 0 Å². The van der Waals surface area contributed by atoms with Crippen molar-refractivity contribution in [1.29, 1.82) is 0 Å². The van der Waals surface area contributed by atoms with E-state index in [4.69, 9.17) is 12.8 Å². The molecule has 7 atom stereocenters. The van der Waals surface area contributed by atoms with Gasteiger partial charge >= 0.3 is 0 Å². The summed E-state index contributed by atoms with van der Waals surface area (Å²) in [6.45, 7) is 2.20. The Morgan fingerprint density at radius 2 is 1.83 bits per heavy atom. The van der Waals surface area contributed by atoms with Gasteiger partial charge in [0.25, 0.3) is 0 Å². The average molecular weight is 324 g/mol. The summed E-state index contributed by atoms with van der Waals surface area (Å²) >= 11 is 0. The van der Waals surface area contributed by atoms with Crippen molar-refractivity contribution in [2.45, 2.75) is 70.0 Å². The molecule has 24 heavy (non-hydrogen) atoms. The molecule has 0 aromatic rings. The maximum absolute atomic E-state index is 11.0. The van der Waals surface area contributed by atoms with Crippen LogP contribution in [0.15, 0.2) is 11.6 Å². The van der Waals surface area contributed by atoms with Crippen LogP contribution in [0, 0.1) is 53.3 Å². The van der Waals surface area contributed by atoms with E-state index in [1.807, 2.05) is 0 Å². The van der Waals surface area contributed by atoms with Crippen molar-refractivity contribution in [2.24, 2.45) is 28.6 Å². The van der Waals surface area contributed by atoms with E-state index < -0.39 is 5.60 Å². The molecule has 0 heterocycles. The minimum absolute atomic E-state index is 0.166. The van der Waals surface area contributed by atoms with Crippen LogP contribution in [0.2, 0.25) is 0 Å². The van der Waals surface area contributed by atoms with E-state index in [1.54, 1.807) is 0 Å². The quantitative estimate of drug-likeness (QED) is 0.530. The summed E-state index contributed by atoms with van der Waals surface area (Å²) in [5.74, 6) is 7.36. The minimum atomic E-state index is -0.960. The number of aliphatic hydroxyl groups is 2. The lowest BCUT2D eigenvalue weighted by atomic mass is 9.46. The first kappa shape index (κ1) is 16.3. The Labute approximate surface area is 145 Å². The third kappa shape index (κ3) is 1.82. The normalized spacial score (nSPS) is 53.0. The molecule has 2 nitrogen and oxygen atoms in total. The van der Waals surface area contributed by atoms with Crippen molar-refractivity contribution in [3.05, 3.63) is 11.6 Å². The molecule has 0 spiro atoms. The van der Waals surface area contributed by atoms with E-state index in [9.17, 15) is 10.2 Å². The summed E-state index contributed by atoms with van der Waals surface area (Å²) in [6, 6.07) is 0. The molecular weight excluding hydrogens is 296 g/mol. The highest BCUT2D eigenvalue weighted by Gasteiger charge is 2.63. The van der Waals surface area contributed by atoms with E-state index in [-0.39, 0.29) is 16.9 Å². The summed E-state index contributed by atoms with van der Waals surface area (Å²) in [4.78, 5) is 0. The number of aliphatic hydroxyl groups excluding tert-OH is 1. The van der Waals surface area contributed by atoms with Gasteiger partial charge in [-0.25, -0.2) is 0 Å². The molecule has 0 aromatic carbocycles. The van der Waals surface area contributed by atoms with Crippen molar-refractivity contribution in [1.82, 2.24) is 0 Å². The van der Waals surface area contributed by atoms with Crippen molar-refractivity contribution in [2.75, 3.05) is 0 Å². The van der Waals surface area contributed by atoms with E-state index in [0.717, 1.165) is 44.9 Å². The lowest BCUT2D eigenvalue weighted by Crippen LogP contribution is -2.54. The standard InChI is InChI=1S/C22H28O2/c1-4-21-12-8-16(23)14-15(21)6-7-17-18-10-13-22(24,5-2)20(18,3)11-9-19(17)21/h1-2,6,16-19,23-24H,7-14H2,3H3/t16-,17?,18?,19?,20-,21-,22-/m0/s1. The Morgan fingerprint density at radius 3 is 2.54 bits per heavy atom. The molecule has 2 N–H and O–H groups in total. The van der Waals surface area contributed by atoms with Gasteiger partial charge in [0.1, 0.15) is 5.60 Å². The first-order valence-corrected chi connectivity index (χ1v) is 9.46. The zero-order valence-corrected chi connectivity index (χ0v) is 14.6. The topological polar surface area (TPSA) is 40.5 Å². The molecule has 3 unspecified atom stereocenters. The molecule has 2 heteroatoms. The second-order valence-corrected chi connectivity index (χ2v) is 8.85. The summed E-state index contributed by atoms with van der Waals surface area (Å²) in [7, 11) is 0. The Balaban J connectivity index is 1.73. The third-order valence-corrected chi connectivity index (χ3v) is 8.25. The van der Waals surface area contributed by atoms with Crippen LogP contribution in [0.1, 0.15) is 58.3 Å². The number of allylic oxidation sites excluding steroid dienone is 1. The average Bonchev–Trinajstić information content (AvgIpc) is 2.86. The Morgan fingerprint density at radius 1 is 1.08 bits per heavy atom. The van der Waals surface area contributed by atoms with Crippen molar-refractivity contribution < 1.29 is 10.2 Å². The highest BCUT2D eigenvalue weighted by atomic mass is 16.3. The SMILES string of the molecule is C#C[C@]12CC[C@H](O)CC1=CCC1C2CC[C@@]2(C)C1CC[C@@]2(O)C#C. The van der Waals surface area contributed by atoms with Crippen LogP contribution in [0.3, 0.4) is 0 Å². The van der Waals surface area contributed by atoms with Crippen LogP contribution in [0.5, 0.6) is 0 Å². The number of terminal acetylenes is 2. The van der Waals surface area contributed by atoms with E-state index in [1.165, 1.54) is 5.57 Å². The van der Waals surface area contributed by atoms with Crippen LogP contribution in [-0.2, 0) is 0 Å². The smallest absolute Gasteiger partial charge is 0.130 e. The fraction of sp³-hybridized carbons (Fsp3) is 0.727. The summed E-state index contributed by atoms with van der Waals surface area (Å²) in [5, 5.41) is 21.1. The Hall–Kier alpha value is -1.22. The van der Waals surface area contributed by atoms with Gasteiger partial charge in [-0.1, -0.05) is 30.4 Å². The van der Waals surface area contributed by atoms with Crippen LogP contribution in [-0.4, -0.2) is 21.9 Å². The van der Waals surface area contributed by atoms with Gasteiger partial charge in [-0.05, 0) is 69.1 Å². The molecule has 4 rings (SSSR count). The molecule has 0 bridgehead atoms. The number of hydrogen-bond donors (Lipinski definition) is 2. The van der Waals surface area contributed by atoms with Crippen molar-refractivity contribution >= 4 is 0 Å². The first-order chi connectivity index (χ1) is 11.4. The molecule has 4 aliphatic rings. The molecule has 128 valence electrons. The maximum Gasteiger partial charge on any atom is 0.130 e. The largest absolute Gasteiger partial charge is 0.393 e. The van der Waals surface area contributed by atoms with Gasteiger partial charge < -0.3 is 10.2 Å². The Bertz CT molecular complexity index is 664. The molecular formula is C22H28O2. The fourth-order valence-electron chi connectivity index (χ4n) is 6.81. The molecule has 0 radical (unpaired) electrons. The van der Waals surface area contributed by atoms with E-state index in [0.29, 0.717) is 24.2 Å². The molecule has 4 aliphatic carbocycles. The van der Waals surface area contributed by atoms with Crippen LogP contribution in [0.4, 0.5) is 0 Å². The van der Waals surface area contributed by atoms with Gasteiger partial charge in [-0.15, -0.1) is 12.8 Å². The monoisotopic (exact) mass is 324 g/mol. The second-order valence-electron chi connectivity index (χ2n) is 8.85. The molecule has 0 aliphatic heterocycles. The third-order valence-electron chi connectivity index (χ3n) is 8.25. The van der Waals surface area contributed by atoms with Crippen LogP contribution in [0.25, 0.3) is 0 Å².